The van der Waals surface area contributed by atoms with Crippen LogP contribution in [0, 0.1) is 19.3 Å². The van der Waals surface area contributed by atoms with E-state index in [4.69, 9.17) is 6.57 Å². The van der Waals surface area contributed by atoms with Crippen molar-refractivity contribution < 1.29 is 23.9 Å². The molecule has 3 aromatic rings. The van der Waals surface area contributed by atoms with Crippen LogP contribution in [0.25, 0.3) is 16.0 Å². The van der Waals surface area contributed by atoms with Gasteiger partial charge in [0.2, 0.25) is 12.4 Å². The van der Waals surface area contributed by atoms with Gasteiger partial charge in [0, 0.05) is 29.0 Å². The SMILES string of the molecule is [C-]#[N+]c1ccc(N2C(=O)N(Cc3ccc(-c4cc[n+](O)cc4)c(F)c3)C(C)(C)C2=O)cc1C. The van der Waals surface area contributed by atoms with E-state index in [0.29, 0.717) is 33.6 Å². The molecule has 1 aromatic heterocycles. The molecule has 0 atom stereocenters. The molecule has 0 bridgehead atoms. The number of carbonyl (C=O) groups excluding carboxylic acids is 2. The third-order valence-corrected chi connectivity index (χ3v) is 5.88. The number of carbonyl (C=O) groups is 2. The normalized spacial score (nSPS) is 15.1. The first kappa shape index (κ1) is 22.0. The van der Waals surface area contributed by atoms with Crippen molar-refractivity contribution in [2.75, 3.05) is 4.90 Å². The van der Waals surface area contributed by atoms with Crippen LogP contribution in [0.2, 0.25) is 0 Å². The fraction of sp³-hybridized carbons (Fsp3) is 0.200. The standard InChI is InChI=1S/C25H22FN4O3/c1-16-13-19(6-8-22(16)27-4)30-23(31)25(2,3)29(24(30)32)15-17-5-7-20(21(26)14-17)18-9-11-28(33)12-10-18/h5-14,33H,15H2,1-3H3/q+1. The lowest BCUT2D eigenvalue weighted by Crippen LogP contribution is -2.43. The topological polar surface area (TPSA) is 69.1 Å². The summed E-state index contributed by atoms with van der Waals surface area (Å²) in [5.74, 6) is -0.859. The number of imide groups is 1. The first-order chi connectivity index (χ1) is 15.6. The van der Waals surface area contributed by atoms with Crippen LogP contribution in [0.5, 0.6) is 0 Å². The van der Waals surface area contributed by atoms with Crippen LogP contribution < -0.4 is 9.63 Å². The number of anilines is 1. The van der Waals surface area contributed by atoms with E-state index in [2.05, 4.69) is 4.85 Å². The van der Waals surface area contributed by atoms with Gasteiger partial charge in [0.25, 0.3) is 5.91 Å². The number of rotatable bonds is 4. The minimum atomic E-state index is -1.13. The summed E-state index contributed by atoms with van der Waals surface area (Å²) in [5, 5.41) is 9.36. The zero-order valence-corrected chi connectivity index (χ0v) is 18.4. The molecule has 1 saturated heterocycles. The molecule has 8 heteroatoms. The molecule has 1 N–H and O–H groups in total. The molecule has 1 aliphatic rings. The molecule has 0 radical (unpaired) electrons. The Kier molecular flexibility index (Phi) is 5.34. The molecular formula is C25H22FN4O3+. The number of halogens is 1. The van der Waals surface area contributed by atoms with Crippen LogP contribution in [0.1, 0.15) is 25.0 Å². The molecule has 0 aliphatic carbocycles. The van der Waals surface area contributed by atoms with Crippen molar-refractivity contribution in [3.05, 3.63) is 89.3 Å². The Morgan fingerprint density at radius 2 is 1.79 bits per heavy atom. The van der Waals surface area contributed by atoms with Gasteiger partial charge in [-0.05, 0) is 55.7 Å². The second-order valence-corrected chi connectivity index (χ2v) is 8.43. The number of urea groups is 1. The van der Waals surface area contributed by atoms with Crippen LogP contribution in [0.3, 0.4) is 0 Å². The van der Waals surface area contributed by atoms with Gasteiger partial charge in [0.05, 0.1) is 12.3 Å². The predicted octanol–water partition coefficient (Wildman–Crippen LogP) is 4.62. The molecule has 33 heavy (non-hydrogen) atoms. The zero-order chi connectivity index (χ0) is 23.9. The lowest BCUT2D eigenvalue weighted by Gasteiger charge is -2.27. The highest BCUT2D eigenvalue weighted by Gasteiger charge is 2.51. The molecule has 0 unspecified atom stereocenters. The lowest BCUT2D eigenvalue weighted by atomic mass is 10.0. The van der Waals surface area contributed by atoms with Crippen molar-refractivity contribution in [1.29, 1.82) is 0 Å². The quantitative estimate of drug-likeness (QED) is 0.276. The first-order valence-corrected chi connectivity index (χ1v) is 10.3. The van der Waals surface area contributed by atoms with Gasteiger partial charge in [-0.2, -0.15) is 0 Å². The average Bonchev–Trinajstić information content (AvgIpc) is 2.94. The Bertz CT molecular complexity index is 1310. The summed E-state index contributed by atoms with van der Waals surface area (Å²) in [7, 11) is 0. The van der Waals surface area contributed by atoms with Gasteiger partial charge in [0.15, 0.2) is 5.69 Å². The highest BCUT2D eigenvalue weighted by molar-refractivity contribution is 6.23. The van der Waals surface area contributed by atoms with Gasteiger partial charge < -0.3 is 4.90 Å². The van der Waals surface area contributed by atoms with Crippen molar-refractivity contribution in [2.24, 2.45) is 0 Å². The summed E-state index contributed by atoms with van der Waals surface area (Å²) in [6, 6.07) is 12.2. The highest BCUT2D eigenvalue weighted by atomic mass is 19.1. The van der Waals surface area contributed by atoms with E-state index in [1.54, 1.807) is 63.2 Å². The molecule has 1 fully saturated rings. The Morgan fingerprint density at radius 1 is 1.09 bits per heavy atom. The van der Waals surface area contributed by atoms with E-state index in [0.717, 1.165) is 9.63 Å². The second kappa shape index (κ2) is 8.02. The third-order valence-electron chi connectivity index (χ3n) is 5.88. The Balaban J connectivity index is 1.63. The molecule has 2 aromatic carbocycles. The average molecular weight is 445 g/mol. The van der Waals surface area contributed by atoms with E-state index in [1.165, 1.54) is 23.4 Å². The first-order valence-electron chi connectivity index (χ1n) is 10.3. The molecule has 7 nitrogen and oxygen atoms in total. The van der Waals surface area contributed by atoms with Crippen molar-refractivity contribution in [1.82, 2.24) is 4.90 Å². The van der Waals surface area contributed by atoms with Gasteiger partial charge in [-0.15, -0.1) is 0 Å². The Labute approximate surface area is 190 Å². The molecule has 1 aliphatic heterocycles. The molecule has 3 amide bonds. The summed E-state index contributed by atoms with van der Waals surface area (Å²) >= 11 is 0. The second-order valence-electron chi connectivity index (χ2n) is 8.43. The van der Waals surface area contributed by atoms with Gasteiger partial charge in [0.1, 0.15) is 11.4 Å². The maximum Gasteiger partial charge on any atom is 0.332 e. The minimum absolute atomic E-state index is 0.0514. The molecular weight excluding hydrogens is 423 g/mol. The Morgan fingerprint density at radius 3 is 2.39 bits per heavy atom. The number of hydrogen-bond donors (Lipinski definition) is 1. The molecule has 0 spiro atoms. The van der Waals surface area contributed by atoms with Gasteiger partial charge in [-0.1, -0.05) is 18.2 Å². The van der Waals surface area contributed by atoms with E-state index >= 15 is 0 Å². The zero-order valence-electron chi connectivity index (χ0n) is 18.4. The smallest absolute Gasteiger partial charge is 0.305 e. The maximum absolute atomic E-state index is 14.9. The fourth-order valence-electron chi connectivity index (χ4n) is 3.90. The molecule has 0 saturated carbocycles. The van der Waals surface area contributed by atoms with Gasteiger partial charge in [-0.25, -0.2) is 18.9 Å². The van der Waals surface area contributed by atoms with E-state index in [-0.39, 0.29) is 12.5 Å². The summed E-state index contributed by atoms with van der Waals surface area (Å²) in [5.41, 5.74) is 1.90. The van der Waals surface area contributed by atoms with Crippen molar-refractivity contribution in [3.8, 4) is 11.1 Å². The summed E-state index contributed by atoms with van der Waals surface area (Å²) in [4.78, 5) is 32.3. The van der Waals surface area contributed by atoms with Crippen molar-refractivity contribution in [3.63, 3.8) is 0 Å². The van der Waals surface area contributed by atoms with Crippen LogP contribution in [0.4, 0.5) is 20.6 Å². The highest BCUT2D eigenvalue weighted by Crippen LogP contribution is 2.35. The van der Waals surface area contributed by atoms with Crippen molar-refractivity contribution in [2.45, 2.75) is 32.9 Å². The third kappa shape index (κ3) is 3.78. The number of amides is 3. The minimum Gasteiger partial charge on any atom is -0.305 e. The fourth-order valence-corrected chi connectivity index (χ4v) is 3.90. The number of aromatic nitrogens is 1. The number of nitrogens with zero attached hydrogens (tertiary/aromatic N) is 4. The Hall–Kier alpha value is -4.25. The summed E-state index contributed by atoms with van der Waals surface area (Å²) < 4.78 is 15.7. The van der Waals surface area contributed by atoms with Crippen LogP contribution in [-0.2, 0) is 11.3 Å². The molecule has 166 valence electrons. The van der Waals surface area contributed by atoms with Crippen molar-refractivity contribution >= 4 is 23.3 Å². The van der Waals surface area contributed by atoms with Gasteiger partial charge in [-0.3, -0.25) is 10.0 Å². The predicted molar refractivity (Wildman–Crippen MR) is 119 cm³/mol. The van der Waals surface area contributed by atoms with Crippen LogP contribution in [0.15, 0.2) is 60.9 Å². The largest absolute Gasteiger partial charge is 0.332 e. The van der Waals surface area contributed by atoms with E-state index < -0.39 is 17.4 Å². The monoisotopic (exact) mass is 445 g/mol. The summed E-state index contributed by atoms with van der Waals surface area (Å²) in [6.07, 6.45) is 2.81. The van der Waals surface area contributed by atoms with Crippen LogP contribution in [-0.4, -0.2) is 27.6 Å². The summed E-state index contributed by atoms with van der Waals surface area (Å²) in [6.45, 7) is 12.3. The number of benzene rings is 2. The molecule has 4 rings (SSSR count). The number of aryl methyl sites for hydroxylation is 1. The number of pyridine rings is 1. The molecule has 2 heterocycles. The van der Waals surface area contributed by atoms with Gasteiger partial charge >= 0.3 is 6.03 Å². The maximum atomic E-state index is 14.9. The lowest BCUT2D eigenvalue weighted by molar-refractivity contribution is -0.904. The van der Waals surface area contributed by atoms with Crippen LogP contribution >= 0.6 is 0 Å². The number of hydrogen-bond acceptors (Lipinski definition) is 3. The van der Waals surface area contributed by atoms with E-state index in [1.807, 2.05) is 0 Å². The van der Waals surface area contributed by atoms with E-state index in [9.17, 15) is 19.2 Å².